The van der Waals surface area contributed by atoms with E-state index in [9.17, 15) is 9.90 Å². The van der Waals surface area contributed by atoms with Crippen molar-refractivity contribution in [1.29, 1.82) is 0 Å². The third kappa shape index (κ3) is 3.75. The predicted octanol–water partition coefficient (Wildman–Crippen LogP) is 1.42. The molecule has 0 atom stereocenters. The van der Waals surface area contributed by atoms with E-state index in [1.807, 2.05) is 13.8 Å². The van der Waals surface area contributed by atoms with Crippen LogP contribution in [0, 0.1) is 12.3 Å². The highest BCUT2D eigenvalue weighted by atomic mass is 16.3. The molecule has 0 saturated carbocycles. The van der Waals surface area contributed by atoms with Crippen LogP contribution in [0.15, 0.2) is 18.2 Å². The van der Waals surface area contributed by atoms with Crippen LogP contribution >= 0.6 is 0 Å². The highest BCUT2D eigenvalue weighted by molar-refractivity contribution is 5.94. The summed E-state index contributed by atoms with van der Waals surface area (Å²) in [4.78, 5) is 11.8. The van der Waals surface area contributed by atoms with Crippen molar-refractivity contribution in [3.8, 4) is 5.75 Å². The number of hydrogen-bond acceptors (Lipinski definition) is 3. The molecule has 4 heteroatoms. The van der Waals surface area contributed by atoms with Gasteiger partial charge < -0.3 is 16.2 Å². The van der Waals surface area contributed by atoms with Crippen molar-refractivity contribution in [2.75, 3.05) is 13.1 Å². The van der Waals surface area contributed by atoms with Crippen molar-refractivity contribution >= 4 is 5.91 Å². The van der Waals surface area contributed by atoms with E-state index < -0.39 is 0 Å². The second-order valence-corrected chi connectivity index (χ2v) is 5.05. The van der Waals surface area contributed by atoms with Gasteiger partial charge in [0.25, 0.3) is 5.91 Å². The van der Waals surface area contributed by atoms with Gasteiger partial charge in [0.1, 0.15) is 5.75 Å². The van der Waals surface area contributed by atoms with Crippen LogP contribution in [0.4, 0.5) is 0 Å². The lowest BCUT2D eigenvalue weighted by Crippen LogP contribution is -2.38. The molecule has 0 heterocycles. The molecule has 0 fully saturated rings. The smallest absolute Gasteiger partial charge is 0.251 e. The van der Waals surface area contributed by atoms with Gasteiger partial charge in [-0.25, -0.2) is 0 Å². The Balaban J connectivity index is 2.68. The fourth-order valence-corrected chi connectivity index (χ4v) is 1.29. The molecule has 4 nitrogen and oxygen atoms in total. The molecule has 0 aliphatic rings. The number of rotatable bonds is 4. The monoisotopic (exact) mass is 236 g/mol. The summed E-state index contributed by atoms with van der Waals surface area (Å²) in [6.45, 7) is 6.80. The van der Waals surface area contributed by atoms with E-state index in [4.69, 9.17) is 5.73 Å². The number of phenolic OH excluding ortho intramolecular Hbond substituents is 1. The zero-order chi connectivity index (χ0) is 13.1. The molecule has 1 amide bonds. The van der Waals surface area contributed by atoms with Gasteiger partial charge in [0.05, 0.1) is 0 Å². The minimum atomic E-state index is -0.144. The average molecular weight is 236 g/mol. The number of carbonyl (C=O) groups excluding carboxylic acids is 1. The van der Waals surface area contributed by atoms with Crippen molar-refractivity contribution in [1.82, 2.24) is 5.32 Å². The van der Waals surface area contributed by atoms with Gasteiger partial charge in [-0.2, -0.15) is 0 Å². The summed E-state index contributed by atoms with van der Waals surface area (Å²) in [5, 5.41) is 12.2. The van der Waals surface area contributed by atoms with Gasteiger partial charge in [-0.15, -0.1) is 0 Å². The molecular weight excluding hydrogens is 216 g/mol. The van der Waals surface area contributed by atoms with Crippen LogP contribution in [-0.2, 0) is 0 Å². The maximum absolute atomic E-state index is 11.8. The Morgan fingerprint density at radius 1 is 1.47 bits per heavy atom. The SMILES string of the molecule is Cc1cc(C(=O)NCC(C)(C)CN)ccc1O. The Morgan fingerprint density at radius 3 is 2.65 bits per heavy atom. The second kappa shape index (κ2) is 5.19. The fourth-order valence-electron chi connectivity index (χ4n) is 1.29. The van der Waals surface area contributed by atoms with Crippen molar-refractivity contribution in [2.45, 2.75) is 20.8 Å². The van der Waals surface area contributed by atoms with Crippen LogP contribution in [0.2, 0.25) is 0 Å². The molecule has 0 saturated heterocycles. The molecule has 1 rings (SSSR count). The molecule has 0 aliphatic heterocycles. The van der Waals surface area contributed by atoms with E-state index in [1.54, 1.807) is 19.1 Å². The third-order valence-electron chi connectivity index (χ3n) is 2.74. The summed E-state index contributed by atoms with van der Waals surface area (Å²) in [5.41, 5.74) is 6.72. The lowest BCUT2D eigenvalue weighted by atomic mass is 9.94. The molecule has 0 aromatic heterocycles. The van der Waals surface area contributed by atoms with Gasteiger partial charge in [0.15, 0.2) is 0 Å². The first-order valence-corrected chi connectivity index (χ1v) is 5.63. The van der Waals surface area contributed by atoms with Crippen LogP contribution in [0.25, 0.3) is 0 Å². The van der Waals surface area contributed by atoms with Gasteiger partial charge in [-0.1, -0.05) is 13.8 Å². The second-order valence-electron chi connectivity index (χ2n) is 5.05. The first-order chi connectivity index (χ1) is 7.85. The van der Waals surface area contributed by atoms with Crippen LogP contribution < -0.4 is 11.1 Å². The number of phenols is 1. The summed E-state index contributed by atoms with van der Waals surface area (Å²) in [6.07, 6.45) is 0. The molecule has 1 aromatic carbocycles. The molecule has 0 spiro atoms. The summed E-state index contributed by atoms with van der Waals surface area (Å²) >= 11 is 0. The molecule has 94 valence electrons. The standard InChI is InChI=1S/C13H20N2O2/c1-9-6-10(4-5-11(9)16)12(17)15-8-13(2,3)7-14/h4-6,16H,7-8,14H2,1-3H3,(H,15,17). The zero-order valence-corrected chi connectivity index (χ0v) is 10.6. The van der Waals surface area contributed by atoms with Crippen LogP contribution in [-0.4, -0.2) is 24.1 Å². The number of nitrogens with two attached hydrogens (primary N) is 1. The predicted molar refractivity (Wildman–Crippen MR) is 68.0 cm³/mol. The topological polar surface area (TPSA) is 75.4 Å². The Bertz CT molecular complexity index is 414. The average Bonchev–Trinajstić information content (AvgIpc) is 2.30. The van der Waals surface area contributed by atoms with Crippen LogP contribution in [0.3, 0.4) is 0 Å². The largest absolute Gasteiger partial charge is 0.508 e. The molecule has 0 radical (unpaired) electrons. The summed E-state index contributed by atoms with van der Waals surface area (Å²) in [6, 6.07) is 4.80. The van der Waals surface area contributed by atoms with Crippen LogP contribution in [0.1, 0.15) is 29.8 Å². The van der Waals surface area contributed by atoms with E-state index in [2.05, 4.69) is 5.32 Å². The summed E-state index contributed by atoms with van der Waals surface area (Å²) in [5.74, 6) is 0.0541. The molecule has 0 bridgehead atoms. The number of carbonyl (C=O) groups is 1. The lowest BCUT2D eigenvalue weighted by Gasteiger charge is -2.22. The van der Waals surface area contributed by atoms with Crippen molar-refractivity contribution in [2.24, 2.45) is 11.1 Å². The van der Waals surface area contributed by atoms with Crippen molar-refractivity contribution < 1.29 is 9.90 Å². The number of aryl methyl sites for hydroxylation is 1. The Labute approximate surface area is 102 Å². The molecule has 0 aliphatic carbocycles. The van der Waals surface area contributed by atoms with E-state index in [1.165, 1.54) is 6.07 Å². The Kier molecular flexibility index (Phi) is 4.12. The maximum Gasteiger partial charge on any atom is 0.251 e. The van der Waals surface area contributed by atoms with E-state index >= 15 is 0 Å². The minimum Gasteiger partial charge on any atom is -0.508 e. The number of hydrogen-bond donors (Lipinski definition) is 3. The Hall–Kier alpha value is -1.55. The maximum atomic E-state index is 11.8. The number of aromatic hydroxyl groups is 1. The van der Waals surface area contributed by atoms with Crippen molar-refractivity contribution in [3.63, 3.8) is 0 Å². The quantitative estimate of drug-likeness (QED) is 0.740. The number of benzene rings is 1. The van der Waals surface area contributed by atoms with Gasteiger partial charge in [0, 0.05) is 12.1 Å². The first kappa shape index (κ1) is 13.5. The summed E-state index contributed by atoms with van der Waals surface area (Å²) < 4.78 is 0. The minimum absolute atomic E-state index is 0.110. The molecule has 0 unspecified atom stereocenters. The number of amides is 1. The number of nitrogens with one attached hydrogen (secondary N) is 1. The van der Waals surface area contributed by atoms with Gasteiger partial charge >= 0.3 is 0 Å². The third-order valence-corrected chi connectivity index (χ3v) is 2.74. The lowest BCUT2D eigenvalue weighted by molar-refractivity contribution is 0.0938. The normalized spacial score (nSPS) is 11.3. The van der Waals surface area contributed by atoms with Gasteiger partial charge in [-0.05, 0) is 42.6 Å². The zero-order valence-electron chi connectivity index (χ0n) is 10.6. The summed E-state index contributed by atoms with van der Waals surface area (Å²) in [7, 11) is 0. The van der Waals surface area contributed by atoms with Gasteiger partial charge in [-0.3, -0.25) is 4.79 Å². The van der Waals surface area contributed by atoms with E-state index in [-0.39, 0.29) is 17.1 Å². The van der Waals surface area contributed by atoms with E-state index in [0.717, 1.165) is 0 Å². The fraction of sp³-hybridized carbons (Fsp3) is 0.462. The molecular formula is C13H20N2O2. The molecule has 17 heavy (non-hydrogen) atoms. The Morgan fingerprint density at radius 2 is 2.12 bits per heavy atom. The van der Waals surface area contributed by atoms with E-state index in [0.29, 0.717) is 24.2 Å². The van der Waals surface area contributed by atoms with Crippen LogP contribution in [0.5, 0.6) is 5.75 Å². The first-order valence-electron chi connectivity index (χ1n) is 5.63. The van der Waals surface area contributed by atoms with Gasteiger partial charge in [0.2, 0.25) is 0 Å². The molecule has 4 N–H and O–H groups in total. The highest BCUT2D eigenvalue weighted by Gasteiger charge is 2.17. The van der Waals surface area contributed by atoms with Crippen molar-refractivity contribution in [3.05, 3.63) is 29.3 Å². The molecule has 1 aromatic rings. The highest BCUT2D eigenvalue weighted by Crippen LogP contribution is 2.17.